The number of hydrogen-bond acceptors (Lipinski definition) is 6. The molecule has 0 spiro atoms. The number of likely N-dealkylation sites (tertiary alicyclic amines) is 1. The Balaban J connectivity index is 1.25. The predicted octanol–water partition coefficient (Wildman–Crippen LogP) is 3.32. The zero-order valence-electron chi connectivity index (χ0n) is 17.2. The van der Waals surface area contributed by atoms with Gasteiger partial charge in [0.2, 0.25) is 11.7 Å². The molecule has 3 heterocycles. The molecule has 8 nitrogen and oxygen atoms in total. The summed E-state index contributed by atoms with van der Waals surface area (Å²) >= 11 is 0. The first-order valence-electron chi connectivity index (χ1n) is 10.3. The van der Waals surface area contributed by atoms with Crippen molar-refractivity contribution in [3.63, 3.8) is 0 Å². The lowest BCUT2D eigenvalue weighted by Gasteiger charge is -2.16. The number of carbonyl (C=O) groups excluding carboxylic acids is 1. The van der Waals surface area contributed by atoms with E-state index in [4.69, 9.17) is 4.52 Å². The van der Waals surface area contributed by atoms with E-state index >= 15 is 0 Å². The Morgan fingerprint density at radius 2 is 2.03 bits per heavy atom. The lowest BCUT2D eigenvalue weighted by molar-refractivity contribution is -0.129. The van der Waals surface area contributed by atoms with Crippen LogP contribution in [0.15, 0.2) is 65.3 Å². The van der Waals surface area contributed by atoms with Gasteiger partial charge < -0.3 is 9.42 Å². The van der Waals surface area contributed by atoms with E-state index in [2.05, 4.69) is 26.5 Å². The van der Waals surface area contributed by atoms with Crippen molar-refractivity contribution < 1.29 is 9.32 Å². The van der Waals surface area contributed by atoms with Crippen molar-refractivity contribution in [1.82, 2.24) is 30.0 Å². The fraction of sp³-hybridized carbons (Fsp3) is 0.261. The molecule has 1 amide bonds. The third-order valence-electron chi connectivity index (χ3n) is 5.52. The van der Waals surface area contributed by atoms with Crippen LogP contribution in [0.3, 0.4) is 0 Å². The molecular formula is C23H22N6O2. The number of aromatic nitrogens is 5. The van der Waals surface area contributed by atoms with Crippen LogP contribution in [0, 0.1) is 6.92 Å². The van der Waals surface area contributed by atoms with Crippen molar-refractivity contribution in [3.05, 3.63) is 71.9 Å². The van der Waals surface area contributed by atoms with Crippen LogP contribution in [0.5, 0.6) is 0 Å². The van der Waals surface area contributed by atoms with Gasteiger partial charge in [-0.3, -0.25) is 4.79 Å². The molecule has 0 aliphatic carbocycles. The largest absolute Gasteiger partial charge is 0.340 e. The van der Waals surface area contributed by atoms with E-state index in [0.29, 0.717) is 36.9 Å². The highest BCUT2D eigenvalue weighted by Gasteiger charge is 2.28. The number of hydrogen-bond donors (Lipinski definition) is 0. The van der Waals surface area contributed by atoms with E-state index in [0.717, 1.165) is 23.1 Å². The fourth-order valence-corrected chi connectivity index (χ4v) is 3.88. The van der Waals surface area contributed by atoms with Gasteiger partial charge in [-0.05, 0) is 18.9 Å². The van der Waals surface area contributed by atoms with Crippen LogP contribution >= 0.6 is 0 Å². The Bertz CT molecular complexity index is 1200. The number of amides is 1. The minimum absolute atomic E-state index is 0.0826. The minimum atomic E-state index is 0.0826. The maximum Gasteiger partial charge on any atom is 0.280 e. The lowest BCUT2D eigenvalue weighted by Crippen LogP contribution is -2.30. The van der Waals surface area contributed by atoms with Gasteiger partial charge in [0.15, 0.2) is 5.69 Å². The summed E-state index contributed by atoms with van der Waals surface area (Å²) in [5.41, 5.74) is 3.61. The number of benzene rings is 2. The molecule has 0 saturated carbocycles. The van der Waals surface area contributed by atoms with Gasteiger partial charge in [0.05, 0.1) is 18.7 Å². The second-order valence-electron chi connectivity index (χ2n) is 7.82. The highest BCUT2D eigenvalue weighted by atomic mass is 16.5. The lowest BCUT2D eigenvalue weighted by atomic mass is 10.1. The van der Waals surface area contributed by atoms with Crippen LogP contribution in [-0.4, -0.2) is 49.0 Å². The van der Waals surface area contributed by atoms with E-state index in [1.54, 1.807) is 4.68 Å². The average molecular weight is 414 g/mol. The number of carbonyl (C=O) groups is 1. The van der Waals surface area contributed by atoms with Gasteiger partial charge >= 0.3 is 0 Å². The van der Waals surface area contributed by atoms with Crippen LogP contribution in [0.25, 0.3) is 23.0 Å². The maximum absolute atomic E-state index is 12.7. The fourth-order valence-electron chi connectivity index (χ4n) is 3.88. The Morgan fingerprint density at radius 3 is 2.87 bits per heavy atom. The first-order valence-corrected chi connectivity index (χ1v) is 10.3. The van der Waals surface area contributed by atoms with Crippen LogP contribution < -0.4 is 0 Å². The van der Waals surface area contributed by atoms with Crippen LogP contribution in [-0.2, 0) is 11.2 Å². The maximum atomic E-state index is 12.7. The summed E-state index contributed by atoms with van der Waals surface area (Å²) in [7, 11) is 0. The van der Waals surface area contributed by atoms with Crippen LogP contribution in [0.4, 0.5) is 0 Å². The van der Waals surface area contributed by atoms with Crippen molar-refractivity contribution >= 4 is 5.91 Å². The van der Waals surface area contributed by atoms with Crippen molar-refractivity contribution in [3.8, 4) is 23.0 Å². The summed E-state index contributed by atoms with van der Waals surface area (Å²) in [5.74, 6) is 0.979. The number of nitrogens with zero attached hydrogens (tertiary/aromatic N) is 6. The second kappa shape index (κ2) is 8.14. The van der Waals surface area contributed by atoms with E-state index in [-0.39, 0.29) is 11.9 Å². The van der Waals surface area contributed by atoms with Gasteiger partial charge in [0.1, 0.15) is 0 Å². The first kappa shape index (κ1) is 19.2. The van der Waals surface area contributed by atoms with Crippen molar-refractivity contribution in [1.29, 1.82) is 0 Å². The van der Waals surface area contributed by atoms with Crippen molar-refractivity contribution in [2.45, 2.75) is 25.8 Å². The van der Waals surface area contributed by atoms with Gasteiger partial charge in [-0.15, -0.1) is 5.10 Å². The molecule has 2 aromatic carbocycles. The highest BCUT2D eigenvalue weighted by Crippen LogP contribution is 2.25. The van der Waals surface area contributed by atoms with Crippen LogP contribution in [0.2, 0.25) is 0 Å². The molecule has 156 valence electrons. The molecule has 1 fully saturated rings. The molecule has 1 aliphatic rings. The van der Waals surface area contributed by atoms with Crippen LogP contribution in [0.1, 0.15) is 23.6 Å². The molecule has 1 atom stereocenters. The third-order valence-corrected chi connectivity index (χ3v) is 5.52. The molecule has 0 unspecified atom stereocenters. The highest BCUT2D eigenvalue weighted by molar-refractivity contribution is 5.79. The summed E-state index contributed by atoms with van der Waals surface area (Å²) < 4.78 is 7.17. The summed E-state index contributed by atoms with van der Waals surface area (Å²) in [6.45, 7) is 3.37. The molecular weight excluding hydrogens is 392 g/mol. The molecule has 0 N–H and O–H groups in total. The van der Waals surface area contributed by atoms with Gasteiger partial charge in [-0.25, -0.2) is 4.68 Å². The zero-order chi connectivity index (χ0) is 21.2. The summed E-state index contributed by atoms with van der Waals surface area (Å²) in [5, 5.41) is 12.5. The van der Waals surface area contributed by atoms with Gasteiger partial charge in [-0.1, -0.05) is 70.5 Å². The monoisotopic (exact) mass is 414 g/mol. The topological polar surface area (TPSA) is 89.9 Å². The summed E-state index contributed by atoms with van der Waals surface area (Å²) in [4.78, 5) is 19.0. The number of rotatable bonds is 5. The van der Waals surface area contributed by atoms with Crippen molar-refractivity contribution in [2.75, 3.05) is 13.1 Å². The minimum Gasteiger partial charge on any atom is -0.340 e. The van der Waals surface area contributed by atoms with E-state index in [1.165, 1.54) is 0 Å². The van der Waals surface area contributed by atoms with Gasteiger partial charge in [0, 0.05) is 18.7 Å². The molecule has 0 bridgehead atoms. The van der Waals surface area contributed by atoms with E-state index in [1.807, 2.05) is 66.6 Å². The van der Waals surface area contributed by atoms with Crippen molar-refractivity contribution in [2.24, 2.45) is 0 Å². The summed E-state index contributed by atoms with van der Waals surface area (Å²) in [6.07, 6.45) is 3.06. The Kier molecular flexibility index (Phi) is 5.03. The quantitative estimate of drug-likeness (QED) is 0.498. The predicted molar refractivity (Wildman–Crippen MR) is 114 cm³/mol. The third kappa shape index (κ3) is 4.09. The molecule has 31 heavy (non-hydrogen) atoms. The summed E-state index contributed by atoms with van der Waals surface area (Å²) in [6, 6.07) is 17.8. The second-order valence-corrected chi connectivity index (χ2v) is 7.82. The number of aryl methyl sites for hydroxylation is 1. The molecule has 1 saturated heterocycles. The Labute approximate surface area is 179 Å². The van der Waals surface area contributed by atoms with Gasteiger partial charge in [-0.2, -0.15) is 4.98 Å². The van der Waals surface area contributed by atoms with E-state index < -0.39 is 0 Å². The molecule has 8 heteroatoms. The molecule has 0 radical (unpaired) electrons. The van der Waals surface area contributed by atoms with Gasteiger partial charge in [0.25, 0.3) is 5.89 Å². The molecule has 4 aromatic rings. The smallest absolute Gasteiger partial charge is 0.280 e. The zero-order valence-corrected chi connectivity index (χ0v) is 17.2. The average Bonchev–Trinajstić information content (AvgIpc) is 3.54. The molecule has 2 aromatic heterocycles. The Morgan fingerprint density at radius 1 is 1.16 bits per heavy atom. The van der Waals surface area contributed by atoms with E-state index in [9.17, 15) is 4.79 Å². The first-order chi connectivity index (χ1) is 15.2. The normalized spacial score (nSPS) is 16.0. The molecule has 5 rings (SSSR count). The SMILES string of the molecule is Cc1cccc(CC(=O)N2CC[C@@H](n3cc(-c4nc(-c5ccccc5)no4)nn3)C2)c1. The standard InChI is InChI=1S/C23H22N6O2/c1-16-6-5-7-17(12-16)13-21(30)28-11-10-19(14-28)29-15-20(25-27-29)23-24-22(26-31-23)18-8-3-2-4-9-18/h2-9,12,15,19H,10-11,13-14H2,1H3/t19-/m1/s1. The Hall–Kier alpha value is -3.81. The molecule has 1 aliphatic heterocycles.